The van der Waals surface area contributed by atoms with Crippen LogP contribution in [0.3, 0.4) is 0 Å². The highest BCUT2D eigenvalue weighted by atomic mass is 19.1. The highest BCUT2D eigenvalue weighted by Crippen LogP contribution is 2.20. The molecule has 0 aliphatic rings. The van der Waals surface area contributed by atoms with E-state index in [9.17, 15) is 14.0 Å². The number of amides is 1. The Labute approximate surface area is 112 Å². The minimum absolute atomic E-state index is 0.00209. The van der Waals surface area contributed by atoms with E-state index in [4.69, 9.17) is 4.74 Å². The minimum Gasteiger partial charge on any atom is -0.480 e. The van der Waals surface area contributed by atoms with E-state index in [-0.39, 0.29) is 29.9 Å². The topological polar surface area (TPSA) is 55.4 Å². The number of benzene rings is 1. The lowest BCUT2D eigenvalue weighted by Crippen LogP contribution is -2.39. The van der Waals surface area contributed by atoms with Crippen LogP contribution in [-0.4, -0.2) is 24.8 Å². The van der Waals surface area contributed by atoms with E-state index in [0.717, 1.165) is 0 Å². The van der Waals surface area contributed by atoms with Gasteiger partial charge in [0.15, 0.2) is 24.5 Å². The summed E-state index contributed by atoms with van der Waals surface area (Å²) in [6.07, 6.45) is 0.493. The molecule has 1 unspecified atom stereocenters. The van der Waals surface area contributed by atoms with Gasteiger partial charge in [-0.15, -0.1) is 0 Å². The maximum absolute atomic E-state index is 13.5. The quantitative estimate of drug-likeness (QED) is 0.804. The van der Waals surface area contributed by atoms with E-state index >= 15 is 0 Å². The summed E-state index contributed by atoms with van der Waals surface area (Å²) in [6, 6.07) is 4.02. The summed E-state index contributed by atoms with van der Waals surface area (Å²) in [6.45, 7) is 5.52. The van der Waals surface area contributed by atoms with Crippen LogP contribution in [0.25, 0.3) is 0 Å². The molecule has 1 atom stereocenters. The molecular weight excluding hydrogens is 249 g/mol. The first-order valence-electron chi connectivity index (χ1n) is 6.11. The van der Waals surface area contributed by atoms with Crippen molar-refractivity contribution in [1.82, 2.24) is 5.32 Å². The third-order valence-electron chi connectivity index (χ3n) is 2.86. The fraction of sp³-hybridized carbons (Fsp3) is 0.429. The Kier molecular flexibility index (Phi) is 5.48. The highest BCUT2D eigenvalue weighted by molar-refractivity contribution is 5.81. The molecule has 5 heteroatoms. The molecule has 1 amide bonds. The summed E-state index contributed by atoms with van der Waals surface area (Å²) in [5.41, 5.74) is 0.0877. The van der Waals surface area contributed by atoms with Crippen molar-refractivity contribution in [3.63, 3.8) is 0 Å². The zero-order valence-corrected chi connectivity index (χ0v) is 11.3. The molecule has 0 spiro atoms. The molecule has 0 bridgehead atoms. The van der Waals surface area contributed by atoms with Crippen LogP contribution >= 0.6 is 0 Å². The number of halogens is 1. The fourth-order valence-electron chi connectivity index (χ4n) is 1.37. The second-order valence-corrected chi connectivity index (χ2v) is 4.66. The molecule has 0 aliphatic heterocycles. The monoisotopic (exact) mass is 267 g/mol. The predicted octanol–water partition coefficient (Wildman–Crippen LogP) is 2.18. The lowest BCUT2D eigenvalue weighted by atomic mass is 10.1. The van der Waals surface area contributed by atoms with Gasteiger partial charge >= 0.3 is 0 Å². The average Bonchev–Trinajstić information content (AvgIpc) is 2.36. The third-order valence-corrected chi connectivity index (χ3v) is 2.86. The summed E-state index contributed by atoms with van der Waals surface area (Å²) in [5.74, 6) is -0.900. The molecule has 104 valence electrons. The fourth-order valence-corrected chi connectivity index (χ4v) is 1.37. The van der Waals surface area contributed by atoms with Gasteiger partial charge in [-0.25, -0.2) is 4.39 Å². The van der Waals surface area contributed by atoms with Crippen molar-refractivity contribution >= 4 is 12.2 Å². The molecule has 0 heterocycles. The van der Waals surface area contributed by atoms with E-state index in [0.29, 0.717) is 12.2 Å². The summed E-state index contributed by atoms with van der Waals surface area (Å²) < 4.78 is 18.5. The van der Waals surface area contributed by atoms with Crippen molar-refractivity contribution in [2.75, 3.05) is 6.61 Å². The first-order chi connectivity index (χ1) is 8.95. The van der Waals surface area contributed by atoms with Crippen LogP contribution in [0.2, 0.25) is 0 Å². The molecule has 1 aromatic rings. The van der Waals surface area contributed by atoms with E-state index in [1.807, 2.05) is 20.8 Å². The number of hydrogen-bond donors (Lipinski definition) is 1. The Hall–Kier alpha value is -1.91. The summed E-state index contributed by atoms with van der Waals surface area (Å²) in [5, 5.41) is 2.73. The van der Waals surface area contributed by atoms with E-state index in [1.165, 1.54) is 18.2 Å². The van der Waals surface area contributed by atoms with Crippen LogP contribution in [0.15, 0.2) is 18.2 Å². The molecule has 4 nitrogen and oxygen atoms in total. The number of hydrogen-bond acceptors (Lipinski definition) is 3. The molecule has 19 heavy (non-hydrogen) atoms. The third kappa shape index (κ3) is 4.35. The number of ether oxygens (including phenoxy) is 1. The van der Waals surface area contributed by atoms with Crippen LogP contribution < -0.4 is 10.1 Å². The largest absolute Gasteiger partial charge is 0.480 e. The van der Waals surface area contributed by atoms with Gasteiger partial charge in [0.2, 0.25) is 0 Å². The Morgan fingerprint density at radius 1 is 1.42 bits per heavy atom. The van der Waals surface area contributed by atoms with Crippen LogP contribution in [0.4, 0.5) is 4.39 Å². The molecule has 1 aromatic carbocycles. The zero-order chi connectivity index (χ0) is 14.4. The summed E-state index contributed by atoms with van der Waals surface area (Å²) >= 11 is 0. The lowest BCUT2D eigenvalue weighted by molar-refractivity contribution is -0.124. The molecule has 1 rings (SSSR count). The predicted molar refractivity (Wildman–Crippen MR) is 69.7 cm³/mol. The van der Waals surface area contributed by atoms with Crippen molar-refractivity contribution in [3.8, 4) is 5.75 Å². The number of aldehydes is 1. The average molecular weight is 267 g/mol. The number of rotatable bonds is 6. The van der Waals surface area contributed by atoms with E-state index in [2.05, 4.69) is 5.32 Å². The zero-order valence-electron chi connectivity index (χ0n) is 11.3. The van der Waals surface area contributed by atoms with Crippen LogP contribution in [0.5, 0.6) is 5.75 Å². The summed E-state index contributed by atoms with van der Waals surface area (Å²) in [4.78, 5) is 22.3. The van der Waals surface area contributed by atoms with Gasteiger partial charge in [-0.3, -0.25) is 9.59 Å². The molecule has 0 radical (unpaired) electrons. The number of carbonyl (C=O) groups is 2. The van der Waals surface area contributed by atoms with Crippen LogP contribution in [0, 0.1) is 11.7 Å². The lowest BCUT2D eigenvalue weighted by Gasteiger charge is -2.17. The minimum atomic E-state index is -0.658. The van der Waals surface area contributed by atoms with Gasteiger partial charge in [0, 0.05) is 6.04 Å². The molecule has 0 saturated heterocycles. The van der Waals surface area contributed by atoms with Crippen LogP contribution in [0.1, 0.15) is 31.1 Å². The standard InChI is InChI=1S/C14H18FNO3/c1-9(2)10(3)16-13(18)8-19-14-11(7-17)5-4-6-12(14)15/h4-7,9-10H,8H2,1-3H3,(H,16,18). The maximum Gasteiger partial charge on any atom is 0.258 e. The molecule has 0 fully saturated rings. The van der Waals surface area contributed by atoms with Gasteiger partial charge in [0.05, 0.1) is 5.56 Å². The maximum atomic E-state index is 13.5. The van der Waals surface area contributed by atoms with Crippen molar-refractivity contribution in [2.45, 2.75) is 26.8 Å². The van der Waals surface area contributed by atoms with Gasteiger partial charge in [-0.05, 0) is 25.0 Å². The number of nitrogens with one attached hydrogen (secondary N) is 1. The van der Waals surface area contributed by atoms with Crippen molar-refractivity contribution in [2.24, 2.45) is 5.92 Å². The summed E-state index contributed by atoms with van der Waals surface area (Å²) in [7, 11) is 0. The second-order valence-electron chi connectivity index (χ2n) is 4.66. The van der Waals surface area contributed by atoms with E-state index < -0.39 is 5.82 Å². The first kappa shape index (κ1) is 15.1. The SMILES string of the molecule is CC(C)C(C)NC(=O)COc1c(F)cccc1C=O. The van der Waals surface area contributed by atoms with Gasteiger partial charge in [0.25, 0.3) is 5.91 Å². The van der Waals surface area contributed by atoms with Crippen molar-refractivity contribution in [1.29, 1.82) is 0 Å². The second kappa shape index (κ2) is 6.87. The Morgan fingerprint density at radius 3 is 2.68 bits per heavy atom. The smallest absolute Gasteiger partial charge is 0.258 e. The van der Waals surface area contributed by atoms with Crippen LogP contribution in [-0.2, 0) is 4.79 Å². The normalized spacial score (nSPS) is 12.1. The van der Waals surface area contributed by atoms with Gasteiger partial charge in [-0.2, -0.15) is 0 Å². The van der Waals surface area contributed by atoms with Crippen molar-refractivity contribution in [3.05, 3.63) is 29.6 Å². The number of para-hydroxylation sites is 1. The molecule has 0 saturated carbocycles. The van der Waals surface area contributed by atoms with Gasteiger partial charge < -0.3 is 10.1 Å². The Bertz CT molecular complexity index is 460. The molecular formula is C14H18FNO3. The van der Waals surface area contributed by atoms with E-state index in [1.54, 1.807) is 0 Å². The highest BCUT2D eigenvalue weighted by Gasteiger charge is 2.14. The Morgan fingerprint density at radius 2 is 2.11 bits per heavy atom. The Balaban J connectivity index is 2.62. The van der Waals surface area contributed by atoms with Gasteiger partial charge in [0.1, 0.15) is 0 Å². The molecule has 0 aliphatic carbocycles. The van der Waals surface area contributed by atoms with Gasteiger partial charge in [-0.1, -0.05) is 19.9 Å². The van der Waals surface area contributed by atoms with Crippen molar-refractivity contribution < 1.29 is 18.7 Å². The number of carbonyl (C=O) groups excluding carboxylic acids is 2. The molecule has 0 aromatic heterocycles. The molecule has 1 N–H and O–H groups in total. The first-order valence-corrected chi connectivity index (χ1v) is 6.11.